The quantitative estimate of drug-likeness (QED) is 0.0246. The number of nitrogen functional groups attached to an aromatic ring is 1. The summed E-state index contributed by atoms with van der Waals surface area (Å²) >= 11 is 0. The topological polar surface area (TPSA) is 507 Å². The molecule has 8 heterocycles. The Morgan fingerprint density at radius 2 is 1.47 bits per heavy atom. The molecule has 0 radical (unpaired) electrons. The van der Waals surface area contributed by atoms with E-state index in [1.54, 1.807) is 0 Å². The van der Waals surface area contributed by atoms with Crippen molar-refractivity contribution in [1.82, 2.24) is 48.5 Å². The van der Waals surface area contributed by atoms with E-state index in [9.17, 15) is 72.3 Å². The number of H-pyrrole nitrogens is 2. The van der Waals surface area contributed by atoms with Crippen LogP contribution in [0.2, 0.25) is 0 Å². The van der Waals surface area contributed by atoms with Crippen LogP contribution in [0.5, 0.6) is 0 Å². The van der Waals surface area contributed by atoms with Crippen molar-refractivity contribution in [3.63, 3.8) is 0 Å². The molecule has 77 heavy (non-hydrogen) atoms. The summed E-state index contributed by atoms with van der Waals surface area (Å²) in [5, 5.41) is 35.8. The predicted octanol–water partition coefficient (Wildman–Crippen LogP) is -4.25. The van der Waals surface area contributed by atoms with Crippen LogP contribution < -0.4 is 37.3 Å². The molecule has 3 saturated heterocycles. The summed E-state index contributed by atoms with van der Waals surface area (Å²) in [6.07, 6.45) is -12.8. The molecule has 0 saturated carbocycles. The second-order valence-electron chi connectivity index (χ2n) is 17.6. The summed E-state index contributed by atoms with van der Waals surface area (Å²) in [6.45, 7) is -3.47. The van der Waals surface area contributed by atoms with Crippen molar-refractivity contribution in [2.75, 3.05) is 59.1 Å². The summed E-state index contributed by atoms with van der Waals surface area (Å²) in [5.41, 5.74) is 1.27. The number of fused-ring (bicyclic) bond motifs is 2. The van der Waals surface area contributed by atoms with E-state index >= 15 is 0 Å². The van der Waals surface area contributed by atoms with E-state index < -0.39 is 153 Å². The summed E-state index contributed by atoms with van der Waals surface area (Å²) in [6, 6.07) is 0.917. The molecule has 0 aliphatic carbocycles. The summed E-state index contributed by atoms with van der Waals surface area (Å²) in [7, 11) is -16.9. The van der Waals surface area contributed by atoms with E-state index in [1.807, 2.05) is 4.98 Å². The second kappa shape index (κ2) is 22.2. The number of carbonyl (C=O) groups is 1. The number of nitrogens with one attached hydrogen (secondary N) is 3. The van der Waals surface area contributed by atoms with Crippen LogP contribution in [0, 0.1) is 5.92 Å². The molecular formula is C36H51N13O24P4. The molecule has 3 fully saturated rings. The number of ether oxygens (including phenoxy) is 4. The van der Waals surface area contributed by atoms with Crippen LogP contribution in [0.15, 0.2) is 45.6 Å². The van der Waals surface area contributed by atoms with Crippen LogP contribution in [0.4, 0.5) is 11.8 Å². The Kier molecular flexibility index (Phi) is 16.8. The maximum absolute atomic E-state index is 14.3. The SMILES string of the molecule is CNc1ncnc2c1ncn2[C@@H]1O[C@H](COP(=O)(O)OP(=O)(O)OP(=O)(O)OC[C@H]2OC(n3c[n+](C)c4c(=O)[nH]c(N)nc43)[C@H](O)[C@@H]2CC(=O)N(C)C)[C@@H](P(=O)([O-])OC[C@H]2O[C@@H](n3ccc(=O)[nH]c3=O)[C@H](O)[C@@H]2O)[C@H]1OC. The number of nitrogens with zero attached hydrogens (tertiary/aromatic N) is 9. The third-order valence-corrected chi connectivity index (χ3v) is 18.5. The second-order valence-corrected chi connectivity index (χ2v) is 24.1. The van der Waals surface area contributed by atoms with Gasteiger partial charge in [-0.05, 0) is 0 Å². The summed E-state index contributed by atoms with van der Waals surface area (Å²) in [4.78, 5) is 118. The molecule has 1 amide bonds. The molecule has 16 atom stereocenters. The molecule has 5 aromatic rings. The molecule has 5 unspecified atom stereocenters. The van der Waals surface area contributed by atoms with Crippen molar-refractivity contribution >= 4 is 71.1 Å². The third-order valence-electron chi connectivity index (χ3n) is 12.4. The number of methoxy groups -OCH3 is 1. The number of imidazole rings is 2. The Balaban J connectivity index is 0.975. The number of nitrogens with two attached hydrogens (primary N) is 1. The number of rotatable bonds is 21. The average Bonchev–Trinajstić information content (AvgIpc) is 4.19. The maximum atomic E-state index is 14.3. The maximum Gasteiger partial charge on any atom is 0.490 e. The van der Waals surface area contributed by atoms with E-state index in [-0.39, 0.29) is 34.1 Å². The van der Waals surface area contributed by atoms with Gasteiger partial charge in [0.15, 0.2) is 23.9 Å². The number of phosphoric ester groups is 2. The van der Waals surface area contributed by atoms with Gasteiger partial charge in [0, 0.05) is 52.9 Å². The Morgan fingerprint density at radius 3 is 2.10 bits per heavy atom. The molecule has 11 N–H and O–H groups in total. The number of carbonyl (C=O) groups excluding carboxylic acids is 1. The van der Waals surface area contributed by atoms with Gasteiger partial charge in [-0.1, -0.05) is 0 Å². The molecular weight excluding hydrogens is 1120 g/mol. The number of hydrogen-bond donors (Lipinski definition) is 10. The first-order chi connectivity index (χ1) is 36.1. The van der Waals surface area contributed by atoms with Gasteiger partial charge in [0.05, 0.1) is 51.1 Å². The van der Waals surface area contributed by atoms with Gasteiger partial charge >= 0.3 is 34.7 Å². The van der Waals surface area contributed by atoms with Gasteiger partial charge in [-0.2, -0.15) is 18.2 Å². The zero-order valence-electron chi connectivity index (χ0n) is 40.6. The fourth-order valence-electron chi connectivity index (χ4n) is 8.86. The Hall–Kier alpha value is -5.07. The lowest BCUT2D eigenvalue weighted by Crippen LogP contribution is -2.40. The van der Waals surface area contributed by atoms with Crippen LogP contribution in [0.1, 0.15) is 25.1 Å². The lowest BCUT2D eigenvalue weighted by Gasteiger charge is -2.35. The molecule has 3 aliphatic rings. The van der Waals surface area contributed by atoms with Crippen LogP contribution >= 0.6 is 31.1 Å². The van der Waals surface area contributed by atoms with Gasteiger partial charge in [0.1, 0.15) is 50.0 Å². The minimum atomic E-state index is -6.26. The largest absolute Gasteiger partial charge is 0.778 e. The molecule has 424 valence electrons. The van der Waals surface area contributed by atoms with Gasteiger partial charge in [0.25, 0.3) is 16.7 Å². The molecule has 37 nitrogen and oxygen atoms in total. The Labute approximate surface area is 430 Å². The number of aromatic amines is 2. The number of hydrogen-bond acceptors (Lipinski definition) is 27. The summed E-state index contributed by atoms with van der Waals surface area (Å²) in [5.74, 6) is -1.88. The van der Waals surface area contributed by atoms with Gasteiger partial charge in [-0.15, -0.1) is 0 Å². The molecule has 0 aromatic carbocycles. The minimum absolute atomic E-state index is 0.0107. The normalized spacial score (nSPS) is 29.8. The number of aliphatic hydroxyl groups is 3. The minimum Gasteiger partial charge on any atom is -0.778 e. The Morgan fingerprint density at radius 1 is 0.844 bits per heavy atom. The first-order valence-corrected chi connectivity index (χ1v) is 28.5. The highest BCUT2D eigenvalue weighted by Crippen LogP contribution is 2.68. The van der Waals surface area contributed by atoms with Crippen molar-refractivity contribution in [3.05, 3.63) is 62.4 Å². The first kappa shape index (κ1) is 58.1. The third kappa shape index (κ3) is 12.1. The number of aryl methyl sites for hydroxylation is 1. The van der Waals surface area contributed by atoms with Crippen molar-refractivity contribution < 1.29 is 104 Å². The number of phosphoric acid groups is 3. The van der Waals surface area contributed by atoms with E-state index in [2.05, 4.69) is 38.9 Å². The lowest BCUT2D eigenvalue weighted by molar-refractivity contribution is -0.646. The number of aromatic nitrogens is 10. The molecule has 0 bridgehead atoms. The molecule has 41 heteroatoms. The van der Waals surface area contributed by atoms with E-state index in [0.717, 1.165) is 36.6 Å². The van der Waals surface area contributed by atoms with Crippen molar-refractivity contribution in [1.29, 1.82) is 0 Å². The van der Waals surface area contributed by atoms with E-state index in [1.165, 1.54) is 53.1 Å². The highest BCUT2D eigenvalue weighted by atomic mass is 31.3. The lowest BCUT2D eigenvalue weighted by atomic mass is 9.94. The van der Waals surface area contributed by atoms with Crippen LogP contribution in [-0.4, -0.2) is 181 Å². The van der Waals surface area contributed by atoms with E-state index in [0.29, 0.717) is 0 Å². The first-order valence-electron chi connectivity index (χ1n) is 22.4. The fourth-order valence-corrected chi connectivity index (χ4v) is 14.1. The monoisotopic (exact) mass is 1170 g/mol. The van der Waals surface area contributed by atoms with Crippen LogP contribution in [0.3, 0.4) is 0 Å². The van der Waals surface area contributed by atoms with Crippen molar-refractivity contribution in [3.8, 4) is 0 Å². The van der Waals surface area contributed by atoms with Crippen LogP contribution in [-0.2, 0) is 71.2 Å². The van der Waals surface area contributed by atoms with Gasteiger partial charge in [-0.25, -0.2) is 38.0 Å². The van der Waals surface area contributed by atoms with Gasteiger partial charge < -0.3 is 78.9 Å². The predicted molar refractivity (Wildman–Crippen MR) is 250 cm³/mol. The Bertz CT molecular complexity index is 3410. The van der Waals surface area contributed by atoms with Crippen molar-refractivity contribution in [2.45, 2.75) is 73.5 Å². The van der Waals surface area contributed by atoms with E-state index in [4.69, 9.17) is 38.3 Å². The highest BCUT2D eigenvalue weighted by molar-refractivity contribution is 7.66. The van der Waals surface area contributed by atoms with Gasteiger partial charge in [0.2, 0.25) is 24.4 Å². The molecule has 5 aromatic heterocycles. The highest BCUT2D eigenvalue weighted by Gasteiger charge is 2.55. The fraction of sp³-hybridized carbons (Fsp3) is 0.583. The molecule has 3 aliphatic heterocycles. The standard InChI is InChI=1S/C36H51N13O24P4/c1-38-28-21-29(40-12-39-28)48(13-41-21)34-26(65-5)27(74(57,58)66-10-17-24(53)25(54)33(70-17)47-7-6-19(50)42-36(47)56)18(71-34)11-68-76(61,62)73-77(63,64)72-75(59,60)67-9-16-15(8-20(51)45(2)3)23(52)32(69-16)49-14-46(4)22-30(49)43-35(37)44-31(22)55/h6-7,12-18,23-27,32-34,52-54H,8-11H2,1-5H3,(H8-,37,38,39,40,42,43,44,50,55,56,57,58,59,60,61,62,63,64)/t15-,16-,17-,18-,23-,24-,25-,26-,27-,32?,33-,34-/m1/s1. The summed E-state index contributed by atoms with van der Waals surface area (Å²) < 4.78 is 105. The van der Waals surface area contributed by atoms with Crippen LogP contribution in [0.25, 0.3) is 22.3 Å². The zero-order valence-corrected chi connectivity index (χ0v) is 44.1. The number of amides is 1. The number of aliphatic hydroxyl groups excluding tert-OH is 3. The average molecular weight is 1170 g/mol. The molecule has 8 rings (SSSR count). The smallest absolute Gasteiger partial charge is 0.490 e. The zero-order chi connectivity index (χ0) is 56.3. The molecule has 0 spiro atoms. The number of anilines is 2. The van der Waals surface area contributed by atoms with Gasteiger partial charge in [-0.3, -0.25) is 42.5 Å². The van der Waals surface area contributed by atoms with Crippen molar-refractivity contribution in [2.24, 2.45) is 13.0 Å².